The second-order valence-electron chi connectivity index (χ2n) is 4.14. The van der Waals surface area contributed by atoms with Crippen molar-refractivity contribution in [1.29, 1.82) is 0 Å². The van der Waals surface area contributed by atoms with E-state index in [2.05, 4.69) is 15.0 Å². The Labute approximate surface area is 136 Å². The SMILES string of the molecule is CCNc1cc(S(=O)(=O)Nc2ccc(F)cc2I)ccn1. The van der Waals surface area contributed by atoms with Gasteiger partial charge in [-0.15, -0.1) is 0 Å². The van der Waals surface area contributed by atoms with Gasteiger partial charge in [0.2, 0.25) is 0 Å². The van der Waals surface area contributed by atoms with Crippen molar-refractivity contribution in [2.75, 3.05) is 16.6 Å². The fourth-order valence-corrected chi connectivity index (χ4v) is 3.52. The lowest BCUT2D eigenvalue weighted by Crippen LogP contribution is -2.14. The number of halogens is 2. The van der Waals surface area contributed by atoms with Crippen LogP contribution in [-0.2, 0) is 10.0 Å². The molecule has 1 aromatic heterocycles. The molecule has 0 saturated heterocycles. The van der Waals surface area contributed by atoms with Crippen molar-refractivity contribution in [3.8, 4) is 0 Å². The molecule has 0 fully saturated rings. The van der Waals surface area contributed by atoms with Crippen LogP contribution in [0.4, 0.5) is 15.9 Å². The number of aromatic nitrogens is 1. The summed E-state index contributed by atoms with van der Waals surface area (Å²) in [6.07, 6.45) is 1.42. The molecule has 0 unspecified atom stereocenters. The van der Waals surface area contributed by atoms with Gasteiger partial charge < -0.3 is 5.32 Å². The quantitative estimate of drug-likeness (QED) is 0.729. The molecule has 0 saturated carbocycles. The molecule has 2 aromatic rings. The lowest BCUT2D eigenvalue weighted by Gasteiger charge is -2.11. The highest BCUT2D eigenvalue weighted by Gasteiger charge is 2.16. The van der Waals surface area contributed by atoms with Crippen molar-refractivity contribution in [2.45, 2.75) is 11.8 Å². The molecule has 0 spiro atoms. The van der Waals surface area contributed by atoms with Crippen LogP contribution in [0.5, 0.6) is 0 Å². The van der Waals surface area contributed by atoms with E-state index in [4.69, 9.17) is 0 Å². The maximum absolute atomic E-state index is 13.0. The highest BCUT2D eigenvalue weighted by molar-refractivity contribution is 14.1. The van der Waals surface area contributed by atoms with Crippen LogP contribution < -0.4 is 10.0 Å². The largest absolute Gasteiger partial charge is 0.370 e. The Bertz CT molecular complexity index is 753. The molecule has 2 rings (SSSR count). The van der Waals surface area contributed by atoms with Crippen LogP contribution in [0.1, 0.15) is 6.92 Å². The summed E-state index contributed by atoms with van der Waals surface area (Å²) in [4.78, 5) is 4.12. The van der Waals surface area contributed by atoms with Gasteiger partial charge in [-0.1, -0.05) is 0 Å². The van der Waals surface area contributed by atoms with E-state index < -0.39 is 15.8 Å². The second-order valence-corrected chi connectivity index (χ2v) is 6.98. The normalized spacial score (nSPS) is 11.2. The molecular formula is C13H13FIN3O2S. The van der Waals surface area contributed by atoms with Gasteiger partial charge in [0, 0.05) is 22.4 Å². The Kier molecular flexibility index (Phi) is 4.99. The fourth-order valence-electron chi connectivity index (χ4n) is 1.63. The Morgan fingerprint density at radius 2 is 2.05 bits per heavy atom. The zero-order chi connectivity index (χ0) is 15.5. The van der Waals surface area contributed by atoms with Gasteiger partial charge >= 0.3 is 0 Å². The summed E-state index contributed by atoms with van der Waals surface area (Å²) in [6.45, 7) is 2.53. The third kappa shape index (κ3) is 4.03. The number of hydrogen-bond donors (Lipinski definition) is 2. The van der Waals surface area contributed by atoms with Gasteiger partial charge in [-0.3, -0.25) is 4.72 Å². The van der Waals surface area contributed by atoms with Crippen LogP contribution in [-0.4, -0.2) is 19.9 Å². The average molecular weight is 421 g/mol. The van der Waals surface area contributed by atoms with Crippen LogP contribution in [0.15, 0.2) is 41.4 Å². The molecule has 0 radical (unpaired) electrons. The summed E-state index contributed by atoms with van der Waals surface area (Å²) in [6, 6.07) is 6.70. The van der Waals surface area contributed by atoms with Gasteiger partial charge in [0.05, 0.1) is 10.6 Å². The lowest BCUT2D eigenvalue weighted by atomic mass is 10.3. The minimum Gasteiger partial charge on any atom is -0.370 e. The molecule has 0 aliphatic heterocycles. The molecule has 0 aliphatic rings. The van der Waals surface area contributed by atoms with Crippen LogP contribution >= 0.6 is 22.6 Å². The van der Waals surface area contributed by atoms with E-state index in [1.807, 2.05) is 29.5 Å². The van der Waals surface area contributed by atoms with Crippen molar-refractivity contribution in [3.05, 3.63) is 45.9 Å². The molecule has 2 N–H and O–H groups in total. The van der Waals surface area contributed by atoms with Gasteiger partial charge in [-0.25, -0.2) is 17.8 Å². The third-order valence-corrected chi connectivity index (χ3v) is 4.83. The lowest BCUT2D eigenvalue weighted by molar-refractivity contribution is 0.600. The Balaban J connectivity index is 2.31. The Morgan fingerprint density at radius 1 is 1.29 bits per heavy atom. The van der Waals surface area contributed by atoms with E-state index in [-0.39, 0.29) is 4.90 Å². The highest BCUT2D eigenvalue weighted by atomic mass is 127. The van der Waals surface area contributed by atoms with Crippen molar-refractivity contribution < 1.29 is 12.8 Å². The number of rotatable bonds is 5. The fraction of sp³-hybridized carbons (Fsp3) is 0.154. The summed E-state index contributed by atoms with van der Waals surface area (Å²) in [5.74, 6) is 0.0647. The first-order chi connectivity index (χ1) is 9.92. The Morgan fingerprint density at radius 3 is 2.71 bits per heavy atom. The summed E-state index contributed by atoms with van der Waals surface area (Å²) < 4.78 is 40.6. The first-order valence-corrected chi connectivity index (χ1v) is 8.66. The molecule has 8 heteroatoms. The molecule has 1 aromatic carbocycles. The highest BCUT2D eigenvalue weighted by Crippen LogP contribution is 2.23. The molecule has 21 heavy (non-hydrogen) atoms. The summed E-state index contributed by atoms with van der Waals surface area (Å²) in [5, 5.41) is 2.95. The van der Waals surface area contributed by atoms with Gasteiger partial charge in [0.25, 0.3) is 10.0 Å². The van der Waals surface area contributed by atoms with Gasteiger partial charge in [-0.05, 0) is 53.8 Å². The number of nitrogens with one attached hydrogen (secondary N) is 2. The van der Waals surface area contributed by atoms with Gasteiger partial charge in [0.15, 0.2) is 0 Å². The number of hydrogen-bond acceptors (Lipinski definition) is 4. The van der Waals surface area contributed by atoms with Crippen molar-refractivity contribution in [3.63, 3.8) is 0 Å². The molecule has 0 atom stereocenters. The molecule has 0 amide bonds. The number of sulfonamides is 1. The molecule has 5 nitrogen and oxygen atoms in total. The third-order valence-electron chi connectivity index (χ3n) is 2.58. The van der Waals surface area contributed by atoms with E-state index in [0.29, 0.717) is 21.6 Å². The van der Waals surface area contributed by atoms with E-state index in [9.17, 15) is 12.8 Å². The number of anilines is 2. The van der Waals surface area contributed by atoms with Crippen LogP contribution in [0.2, 0.25) is 0 Å². The van der Waals surface area contributed by atoms with Crippen LogP contribution in [0, 0.1) is 9.39 Å². The number of nitrogens with zero attached hydrogens (tertiary/aromatic N) is 1. The first-order valence-electron chi connectivity index (χ1n) is 6.10. The summed E-state index contributed by atoms with van der Waals surface area (Å²) >= 11 is 1.87. The minimum absolute atomic E-state index is 0.0913. The molecular weight excluding hydrogens is 408 g/mol. The van der Waals surface area contributed by atoms with E-state index in [1.54, 1.807) is 0 Å². The standard InChI is InChI=1S/C13H13FIN3O2S/c1-2-16-13-8-10(5-6-17-13)21(19,20)18-12-4-3-9(14)7-11(12)15/h3-8,18H,2H2,1H3,(H,16,17). The Hall–Kier alpha value is -1.42. The molecule has 0 bridgehead atoms. The second kappa shape index (κ2) is 6.56. The van der Waals surface area contributed by atoms with Gasteiger partial charge in [-0.2, -0.15) is 0 Å². The predicted octanol–water partition coefficient (Wildman–Crippen LogP) is 3.06. The van der Waals surface area contributed by atoms with Crippen LogP contribution in [0.25, 0.3) is 0 Å². The minimum atomic E-state index is -3.75. The van der Waals surface area contributed by atoms with Crippen LogP contribution in [0.3, 0.4) is 0 Å². The first kappa shape index (κ1) is 16.0. The van der Waals surface area contributed by atoms with E-state index >= 15 is 0 Å². The molecule has 0 aliphatic carbocycles. The number of benzene rings is 1. The van der Waals surface area contributed by atoms with Crippen molar-refractivity contribution in [1.82, 2.24) is 4.98 Å². The van der Waals surface area contributed by atoms with E-state index in [0.717, 1.165) is 0 Å². The monoisotopic (exact) mass is 421 g/mol. The maximum Gasteiger partial charge on any atom is 0.262 e. The smallest absolute Gasteiger partial charge is 0.262 e. The molecule has 112 valence electrons. The average Bonchev–Trinajstić information content (AvgIpc) is 2.43. The zero-order valence-electron chi connectivity index (χ0n) is 11.1. The molecule has 1 heterocycles. The maximum atomic E-state index is 13.0. The van der Waals surface area contributed by atoms with Gasteiger partial charge in [0.1, 0.15) is 11.6 Å². The predicted molar refractivity (Wildman–Crippen MR) is 88.3 cm³/mol. The number of pyridine rings is 1. The van der Waals surface area contributed by atoms with Crippen molar-refractivity contribution in [2.24, 2.45) is 0 Å². The van der Waals surface area contributed by atoms with E-state index in [1.165, 1.54) is 36.5 Å². The topological polar surface area (TPSA) is 71.1 Å². The van der Waals surface area contributed by atoms with Crippen molar-refractivity contribution >= 4 is 44.1 Å². The zero-order valence-corrected chi connectivity index (χ0v) is 14.1. The summed E-state index contributed by atoms with van der Waals surface area (Å²) in [5.41, 5.74) is 0.332. The summed E-state index contributed by atoms with van der Waals surface area (Å²) in [7, 11) is -3.75.